The number of H-pyrrole nitrogens is 2. The molecule has 4 heteroatoms. The molecule has 1 atom stereocenters. The Morgan fingerprint density at radius 3 is 2.05 bits per heavy atom. The monoisotopic (exact) mass is 498 g/mol. The second-order valence-corrected chi connectivity index (χ2v) is 10.3. The zero-order valence-corrected chi connectivity index (χ0v) is 21.7. The minimum absolute atomic E-state index is 0.546. The van der Waals surface area contributed by atoms with Crippen LogP contribution in [0.5, 0.6) is 0 Å². The van der Waals surface area contributed by atoms with E-state index in [1.807, 2.05) is 24.5 Å². The van der Waals surface area contributed by atoms with Crippen LogP contribution in [-0.2, 0) is 32.1 Å². The Kier molecular flexibility index (Phi) is 7.30. The van der Waals surface area contributed by atoms with Crippen LogP contribution in [0.3, 0.4) is 0 Å². The minimum Gasteiger partial charge on any atom is -0.358 e. The molecule has 0 bridgehead atoms. The van der Waals surface area contributed by atoms with E-state index in [4.69, 9.17) is 0 Å². The fourth-order valence-electron chi connectivity index (χ4n) is 5.68. The van der Waals surface area contributed by atoms with Gasteiger partial charge in [0.05, 0.1) is 0 Å². The number of hydrogen-bond donors (Lipinski definition) is 2. The zero-order valence-electron chi connectivity index (χ0n) is 21.7. The van der Waals surface area contributed by atoms with Gasteiger partial charge >= 0.3 is 0 Å². The Hall–Kier alpha value is -4.18. The molecule has 0 aliphatic carbocycles. The standard InChI is InChI=1S/C34H34N4/c1-3-13-32-26(9-1)24-29(37-32)18-16-25(15-17-27-10-5-7-21-35-27)23-34-31(20-19-28-11-6-8-22-36-28)30-12-2-4-14-33(30)38-34/h1-14,21-22,24-25,37-38H,15-20,23H2. The fourth-order valence-corrected chi connectivity index (χ4v) is 5.68. The number of nitrogens with one attached hydrogen (secondary N) is 2. The summed E-state index contributed by atoms with van der Waals surface area (Å²) in [7, 11) is 0. The number of benzene rings is 2. The van der Waals surface area contributed by atoms with Crippen LogP contribution in [0, 0.1) is 5.92 Å². The van der Waals surface area contributed by atoms with Crippen molar-refractivity contribution in [2.24, 2.45) is 5.92 Å². The van der Waals surface area contributed by atoms with Gasteiger partial charge in [0.1, 0.15) is 0 Å². The average molecular weight is 499 g/mol. The topological polar surface area (TPSA) is 57.4 Å². The lowest BCUT2D eigenvalue weighted by molar-refractivity contribution is 0.440. The predicted octanol–water partition coefficient (Wildman–Crippen LogP) is 7.65. The lowest BCUT2D eigenvalue weighted by Gasteiger charge is -2.17. The van der Waals surface area contributed by atoms with Gasteiger partial charge in [-0.2, -0.15) is 0 Å². The molecule has 0 fully saturated rings. The Labute approximate surface area is 224 Å². The van der Waals surface area contributed by atoms with Crippen LogP contribution in [0.25, 0.3) is 21.8 Å². The summed E-state index contributed by atoms with van der Waals surface area (Å²) in [4.78, 5) is 16.6. The van der Waals surface area contributed by atoms with E-state index in [-0.39, 0.29) is 0 Å². The number of hydrogen-bond acceptors (Lipinski definition) is 2. The fraction of sp³-hybridized carbons (Fsp3) is 0.235. The van der Waals surface area contributed by atoms with Crippen molar-refractivity contribution in [2.75, 3.05) is 0 Å². The summed E-state index contributed by atoms with van der Waals surface area (Å²) in [6.45, 7) is 0. The molecule has 0 radical (unpaired) electrons. The smallest absolute Gasteiger partial charge is 0.0458 e. The molecule has 0 aliphatic heterocycles. The minimum atomic E-state index is 0.546. The van der Waals surface area contributed by atoms with Crippen LogP contribution in [0.1, 0.15) is 41.2 Å². The van der Waals surface area contributed by atoms with E-state index in [2.05, 4.69) is 98.8 Å². The summed E-state index contributed by atoms with van der Waals surface area (Å²) >= 11 is 0. The van der Waals surface area contributed by atoms with Gasteiger partial charge in [-0.05, 0) is 104 Å². The Morgan fingerprint density at radius 1 is 0.605 bits per heavy atom. The van der Waals surface area contributed by atoms with Gasteiger partial charge in [0.25, 0.3) is 0 Å². The number of pyridine rings is 2. The Bertz CT molecular complexity index is 1560. The Balaban J connectivity index is 1.24. The summed E-state index contributed by atoms with van der Waals surface area (Å²) < 4.78 is 0. The molecule has 6 rings (SSSR count). The summed E-state index contributed by atoms with van der Waals surface area (Å²) in [5.41, 5.74) is 8.92. The van der Waals surface area contributed by atoms with Gasteiger partial charge in [-0.1, -0.05) is 48.5 Å². The zero-order chi connectivity index (χ0) is 25.6. The van der Waals surface area contributed by atoms with E-state index < -0.39 is 0 Å². The molecular weight excluding hydrogens is 464 g/mol. The van der Waals surface area contributed by atoms with Crippen LogP contribution < -0.4 is 0 Å². The number of aromatic nitrogens is 4. The average Bonchev–Trinajstić information content (AvgIpc) is 3.55. The van der Waals surface area contributed by atoms with Gasteiger partial charge in [0.2, 0.25) is 0 Å². The highest BCUT2D eigenvalue weighted by atomic mass is 14.7. The van der Waals surface area contributed by atoms with Crippen molar-refractivity contribution >= 4 is 21.8 Å². The van der Waals surface area contributed by atoms with Gasteiger partial charge in [0, 0.05) is 51.6 Å². The van der Waals surface area contributed by atoms with E-state index in [0.717, 1.165) is 50.6 Å². The molecule has 1 unspecified atom stereocenters. The second-order valence-electron chi connectivity index (χ2n) is 10.3. The molecule has 190 valence electrons. The third-order valence-corrected chi connectivity index (χ3v) is 7.69. The number of para-hydroxylation sites is 2. The van der Waals surface area contributed by atoms with Crippen LogP contribution >= 0.6 is 0 Å². The van der Waals surface area contributed by atoms with E-state index in [1.165, 1.54) is 44.5 Å². The van der Waals surface area contributed by atoms with E-state index in [9.17, 15) is 0 Å². The van der Waals surface area contributed by atoms with Gasteiger partial charge in [-0.15, -0.1) is 0 Å². The van der Waals surface area contributed by atoms with Crippen LogP contribution in [-0.4, -0.2) is 19.9 Å². The second kappa shape index (κ2) is 11.5. The first kappa shape index (κ1) is 24.2. The molecule has 0 amide bonds. The number of rotatable bonds is 11. The molecular formula is C34H34N4. The third kappa shape index (κ3) is 5.70. The summed E-state index contributed by atoms with van der Waals surface area (Å²) in [5, 5.41) is 2.64. The summed E-state index contributed by atoms with van der Waals surface area (Å²) in [5.74, 6) is 0.546. The maximum atomic E-state index is 4.60. The van der Waals surface area contributed by atoms with Crippen LogP contribution in [0.15, 0.2) is 103 Å². The first-order valence-corrected chi connectivity index (χ1v) is 13.8. The van der Waals surface area contributed by atoms with E-state index in [0.29, 0.717) is 5.92 Å². The number of aromatic amines is 2. The SMILES string of the molecule is c1ccc(CCc2c(CC(CCc3ccccn3)CCc3cc4ccccc4[nH]3)[nH]c3ccccc23)nc1. The molecule has 2 aromatic carbocycles. The molecule has 6 aromatic rings. The molecule has 0 saturated heterocycles. The van der Waals surface area contributed by atoms with E-state index >= 15 is 0 Å². The molecule has 4 heterocycles. The molecule has 2 N–H and O–H groups in total. The number of nitrogens with zero attached hydrogens (tertiary/aromatic N) is 2. The lowest BCUT2D eigenvalue weighted by atomic mass is 9.89. The van der Waals surface area contributed by atoms with Crippen LogP contribution in [0.4, 0.5) is 0 Å². The third-order valence-electron chi connectivity index (χ3n) is 7.69. The maximum Gasteiger partial charge on any atom is 0.0458 e. The molecule has 4 nitrogen and oxygen atoms in total. The Morgan fingerprint density at radius 2 is 1.29 bits per heavy atom. The normalized spacial score (nSPS) is 12.3. The van der Waals surface area contributed by atoms with Gasteiger partial charge in [-0.3, -0.25) is 9.97 Å². The highest BCUT2D eigenvalue weighted by molar-refractivity contribution is 5.84. The molecule has 0 spiro atoms. The van der Waals surface area contributed by atoms with Crippen molar-refractivity contribution in [1.29, 1.82) is 0 Å². The van der Waals surface area contributed by atoms with Crippen molar-refractivity contribution in [3.05, 3.63) is 132 Å². The van der Waals surface area contributed by atoms with Crippen molar-refractivity contribution < 1.29 is 0 Å². The first-order chi connectivity index (χ1) is 18.8. The van der Waals surface area contributed by atoms with Gasteiger partial charge in [0.15, 0.2) is 0 Å². The van der Waals surface area contributed by atoms with Crippen molar-refractivity contribution in [3.63, 3.8) is 0 Å². The number of fused-ring (bicyclic) bond motifs is 2. The molecule has 0 aliphatic rings. The molecule has 0 saturated carbocycles. The van der Waals surface area contributed by atoms with Crippen molar-refractivity contribution in [3.8, 4) is 0 Å². The largest absolute Gasteiger partial charge is 0.358 e. The van der Waals surface area contributed by atoms with E-state index in [1.54, 1.807) is 0 Å². The summed E-state index contributed by atoms with van der Waals surface area (Å²) in [6, 6.07) is 32.0. The highest BCUT2D eigenvalue weighted by Gasteiger charge is 2.18. The quantitative estimate of drug-likeness (QED) is 0.193. The summed E-state index contributed by atoms with van der Waals surface area (Å²) in [6.07, 6.45) is 11.1. The number of aryl methyl sites for hydroxylation is 4. The van der Waals surface area contributed by atoms with Crippen molar-refractivity contribution in [1.82, 2.24) is 19.9 Å². The first-order valence-electron chi connectivity index (χ1n) is 13.8. The highest BCUT2D eigenvalue weighted by Crippen LogP contribution is 2.29. The molecule has 38 heavy (non-hydrogen) atoms. The van der Waals surface area contributed by atoms with Gasteiger partial charge < -0.3 is 9.97 Å². The maximum absolute atomic E-state index is 4.60. The van der Waals surface area contributed by atoms with Crippen molar-refractivity contribution in [2.45, 2.75) is 44.9 Å². The van der Waals surface area contributed by atoms with Crippen LogP contribution in [0.2, 0.25) is 0 Å². The molecule has 4 aromatic heterocycles. The van der Waals surface area contributed by atoms with Gasteiger partial charge in [-0.25, -0.2) is 0 Å². The lowest BCUT2D eigenvalue weighted by Crippen LogP contribution is -2.11. The predicted molar refractivity (Wildman–Crippen MR) is 156 cm³/mol.